The SMILES string of the molecule is Cc1cccc(N)c1C(=O)Nc1cnccc1Cl. The van der Waals surface area contributed by atoms with Crippen molar-refractivity contribution in [2.24, 2.45) is 0 Å². The Bertz CT molecular complexity index is 578. The molecule has 2 aromatic rings. The van der Waals surface area contributed by atoms with Crippen LogP contribution in [0.25, 0.3) is 0 Å². The number of amides is 1. The van der Waals surface area contributed by atoms with Gasteiger partial charge in [0.2, 0.25) is 0 Å². The zero-order chi connectivity index (χ0) is 13.1. The van der Waals surface area contributed by atoms with Crippen LogP contribution in [0.3, 0.4) is 0 Å². The molecule has 0 spiro atoms. The molecule has 4 nitrogen and oxygen atoms in total. The third kappa shape index (κ3) is 2.43. The number of nitrogens with two attached hydrogens (primary N) is 1. The minimum Gasteiger partial charge on any atom is -0.398 e. The van der Waals surface area contributed by atoms with Crippen molar-refractivity contribution >= 4 is 28.9 Å². The zero-order valence-corrected chi connectivity index (χ0v) is 10.5. The predicted molar refractivity (Wildman–Crippen MR) is 72.8 cm³/mol. The number of benzene rings is 1. The van der Waals surface area contributed by atoms with Gasteiger partial charge in [-0.3, -0.25) is 9.78 Å². The lowest BCUT2D eigenvalue weighted by molar-refractivity contribution is 0.102. The van der Waals surface area contributed by atoms with Gasteiger partial charge in [0, 0.05) is 11.9 Å². The standard InChI is InChI=1S/C13H12ClN3O/c1-8-3-2-4-10(15)12(8)13(18)17-11-7-16-6-5-9(11)14/h2-7H,15H2,1H3,(H,17,18). The van der Waals surface area contributed by atoms with E-state index in [0.29, 0.717) is 22.0 Å². The molecule has 0 fully saturated rings. The first kappa shape index (κ1) is 12.4. The van der Waals surface area contributed by atoms with Crippen LogP contribution in [-0.4, -0.2) is 10.9 Å². The number of nitrogen functional groups attached to an aromatic ring is 1. The van der Waals surface area contributed by atoms with E-state index in [1.807, 2.05) is 13.0 Å². The Labute approximate surface area is 110 Å². The molecule has 1 aromatic heterocycles. The van der Waals surface area contributed by atoms with Gasteiger partial charge in [-0.1, -0.05) is 23.7 Å². The Morgan fingerprint density at radius 2 is 2.17 bits per heavy atom. The van der Waals surface area contributed by atoms with Crippen LogP contribution in [0.2, 0.25) is 5.02 Å². The Hall–Kier alpha value is -2.07. The van der Waals surface area contributed by atoms with Gasteiger partial charge >= 0.3 is 0 Å². The van der Waals surface area contributed by atoms with Gasteiger partial charge in [-0.15, -0.1) is 0 Å². The van der Waals surface area contributed by atoms with Crippen molar-refractivity contribution in [2.45, 2.75) is 6.92 Å². The van der Waals surface area contributed by atoms with Gasteiger partial charge in [-0.2, -0.15) is 0 Å². The quantitative estimate of drug-likeness (QED) is 0.817. The van der Waals surface area contributed by atoms with Gasteiger partial charge in [-0.05, 0) is 24.6 Å². The van der Waals surface area contributed by atoms with Gasteiger partial charge < -0.3 is 11.1 Å². The molecule has 1 heterocycles. The van der Waals surface area contributed by atoms with Crippen LogP contribution in [0.15, 0.2) is 36.7 Å². The third-order valence-corrected chi connectivity index (χ3v) is 2.88. The van der Waals surface area contributed by atoms with E-state index in [0.717, 1.165) is 5.56 Å². The van der Waals surface area contributed by atoms with Crippen molar-refractivity contribution in [1.29, 1.82) is 0 Å². The number of rotatable bonds is 2. The second-order valence-corrected chi connectivity index (χ2v) is 4.26. The Kier molecular flexibility index (Phi) is 3.48. The Morgan fingerprint density at radius 1 is 1.39 bits per heavy atom. The summed E-state index contributed by atoms with van der Waals surface area (Å²) in [5, 5.41) is 3.13. The summed E-state index contributed by atoms with van der Waals surface area (Å²) in [6, 6.07) is 6.93. The highest BCUT2D eigenvalue weighted by atomic mass is 35.5. The molecular formula is C13H12ClN3O. The molecule has 0 unspecified atom stereocenters. The summed E-state index contributed by atoms with van der Waals surface area (Å²) < 4.78 is 0. The highest BCUT2D eigenvalue weighted by molar-refractivity contribution is 6.33. The molecule has 3 N–H and O–H groups in total. The first-order valence-corrected chi connectivity index (χ1v) is 5.73. The number of halogens is 1. The Balaban J connectivity index is 2.31. The number of anilines is 2. The summed E-state index contributed by atoms with van der Waals surface area (Å²) in [5.41, 5.74) is 7.98. The van der Waals surface area contributed by atoms with Crippen LogP contribution in [0.1, 0.15) is 15.9 Å². The van der Waals surface area contributed by atoms with Crippen LogP contribution in [0, 0.1) is 6.92 Å². The van der Waals surface area contributed by atoms with E-state index in [9.17, 15) is 4.79 Å². The minimum absolute atomic E-state index is 0.291. The van der Waals surface area contributed by atoms with Crippen molar-refractivity contribution in [3.63, 3.8) is 0 Å². The first-order chi connectivity index (χ1) is 8.59. The van der Waals surface area contributed by atoms with Gasteiger partial charge in [0.1, 0.15) is 0 Å². The molecule has 5 heteroatoms. The molecule has 0 aliphatic heterocycles. The summed E-state index contributed by atoms with van der Waals surface area (Å²) in [5.74, 6) is -0.291. The van der Waals surface area contributed by atoms with Crippen molar-refractivity contribution in [2.75, 3.05) is 11.1 Å². The maximum atomic E-state index is 12.1. The van der Waals surface area contributed by atoms with Crippen LogP contribution in [0.5, 0.6) is 0 Å². The van der Waals surface area contributed by atoms with Crippen LogP contribution < -0.4 is 11.1 Å². The number of nitrogens with zero attached hydrogens (tertiary/aromatic N) is 1. The van der Waals surface area contributed by atoms with E-state index >= 15 is 0 Å². The van der Waals surface area contributed by atoms with Gasteiger partial charge in [0.25, 0.3) is 5.91 Å². The van der Waals surface area contributed by atoms with E-state index in [2.05, 4.69) is 10.3 Å². The molecule has 2 rings (SSSR count). The molecule has 0 aliphatic rings. The maximum Gasteiger partial charge on any atom is 0.258 e. The second-order valence-electron chi connectivity index (χ2n) is 3.85. The molecule has 1 amide bonds. The highest BCUT2D eigenvalue weighted by Crippen LogP contribution is 2.22. The fourth-order valence-corrected chi connectivity index (χ4v) is 1.81. The molecule has 0 atom stereocenters. The molecule has 18 heavy (non-hydrogen) atoms. The van der Waals surface area contributed by atoms with Crippen LogP contribution in [-0.2, 0) is 0 Å². The zero-order valence-electron chi connectivity index (χ0n) is 9.77. The molecule has 0 aliphatic carbocycles. The third-order valence-electron chi connectivity index (χ3n) is 2.55. The minimum atomic E-state index is -0.291. The molecule has 92 valence electrons. The number of aromatic nitrogens is 1. The number of nitrogens with one attached hydrogen (secondary N) is 1. The average molecular weight is 262 g/mol. The van der Waals surface area contributed by atoms with Crippen molar-refractivity contribution in [3.05, 3.63) is 52.8 Å². The first-order valence-electron chi connectivity index (χ1n) is 5.35. The fraction of sp³-hybridized carbons (Fsp3) is 0.0769. The van der Waals surface area contributed by atoms with Gasteiger partial charge in [-0.25, -0.2) is 0 Å². The summed E-state index contributed by atoms with van der Waals surface area (Å²) in [4.78, 5) is 16.0. The lowest BCUT2D eigenvalue weighted by Crippen LogP contribution is -2.15. The van der Waals surface area contributed by atoms with Crippen molar-refractivity contribution < 1.29 is 4.79 Å². The van der Waals surface area contributed by atoms with Crippen LogP contribution in [0.4, 0.5) is 11.4 Å². The summed E-state index contributed by atoms with van der Waals surface area (Å²) in [7, 11) is 0. The monoisotopic (exact) mass is 261 g/mol. The van der Waals surface area contributed by atoms with E-state index in [1.165, 1.54) is 6.20 Å². The summed E-state index contributed by atoms with van der Waals surface area (Å²) >= 11 is 5.95. The molecule has 0 bridgehead atoms. The number of hydrogen-bond donors (Lipinski definition) is 2. The smallest absolute Gasteiger partial charge is 0.258 e. The number of hydrogen-bond acceptors (Lipinski definition) is 3. The fourth-order valence-electron chi connectivity index (χ4n) is 1.65. The molecular weight excluding hydrogens is 250 g/mol. The van der Waals surface area contributed by atoms with Gasteiger partial charge in [0.15, 0.2) is 0 Å². The second kappa shape index (κ2) is 5.06. The van der Waals surface area contributed by atoms with Crippen molar-refractivity contribution in [1.82, 2.24) is 4.98 Å². The van der Waals surface area contributed by atoms with Crippen molar-refractivity contribution in [3.8, 4) is 0 Å². The number of aryl methyl sites for hydroxylation is 1. The predicted octanol–water partition coefficient (Wildman–Crippen LogP) is 2.88. The molecule has 0 saturated carbocycles. The normalized spacial score (nSPS) is 10.1. The largest absolute Gasteiger partial charge is 0.398 e. The number of carbonyl (C=O) groups is 1. The van der Waals surface area contributed by atoms with E-state index in [-0.39, 0.29) is 5.91 Å². The van der Waals surface area contributed by atoms with Crippen LogP contribution >= 0.6 is 11.6 Å². The molecule has 0 saturated heterocycles. The molecule has 0 radical (unpaired) electrons. The van der Waals surface area contributed by atoms with E-state index < -0.39 is 0 Å². The Morgan fingerprint density at radius 3 is 2.83 bits per heavy atom. The number of carbonyl (C=O) groups excluding carboxylic acids is 1. The van der Waals surface area contributed by atoms with E-state index in [1.54, 1.807) is 24.4 Å². The molecule has 1 aromatic carbocycles. The lowest BCUT2D eigenvalue weighted by Gasteiger charge is -2.10. The van der Waals surface area contributed by atoms with Gasteiger partial charge in [0.05, 0.1) is 22.5 Å². The van der Waals surface area contributed by atoms with E-state index in [4.69, 9.17) is 17.3 Å². The summed E-state index contributed by atoms with van der Waals surface area (Å²) in [6.45, 7) is 1.83. The number of pyridine rings is 1. The average Bonchev–Trinajstić information content (AvgIpc) is 2.32. The maximum absolute atomic E-state index is 12.1. The lowest BCUT2D eigenvalue weighted by atomic mass is 10.1. The topological polar surface area (TPSA) is 68.0 Å². The summed E-state index contributed by atoms with van der Waals surface area (Å²) in [6.07, 6.45) is 3.05. The highest BCUT2D eigenvalue weighted by Gasteiger charge is 2.13.